The van der Waals surface area contributed by atoms with E-state index in [1.54, 1.807) is 12.1 Å². The largest absolute Gasteiger partial charge is 0.497 e. The molecule has 1 fully saturated rings. The summed E-state index contributed by atoms with van der Waals surface area (Å²) in [4.78, 5) is 18.3. The van der Waals surface area contributed by atoms with Gasteiger partial charge >= 0.3 is 0 Å². The van der Waals surface area contributed by atoms with Crippen molar-refractivity contribution in [2.45, 2.75) is 38.1 Å². The normalized spacial score (nSPS) is 16.0. The van der Waals surface area contributed by atoms with Gasteiger partial charge in [0.2, 0.25) is 10.0 Å². The fraction of sp³-hybridized carbons (Fsp3) is 0.360. The fourth-order valence-corrected chi connectivity index (χ4v) is 6.82. The molecule has 2 aromatic carbocycles. The predicted octanol–water partition coefficient (Wildman–Crippen LogP) is 3.49. The molecule has 1 aliphatic rings. The van der Waals surface area contributed by atoms with Gasteiger partial charge in [0.15, 0.2) is 4.80 Å². The maximum absolute atomic E-state index is 13.0. The van der Waals surface area contributed by atoms with E-state index in [2.05, 4.69) is 23.0 Å². The van der Waals surface area contributed by atoms with Crippen LogP contribution in [0.3, 0.4) is 0 Å². The third kappa shape index (κ3) is 4.67. The van der Waals surface area contributed by atoms with Gasteiger partial charge < -0.3 is 9.30 Å². The number of carbonyl (C=O) groups excluding carboxylic acids is 1. The van der Waals surface area contributed by atoms with Gasteiger partial charge in [-0.25, -0.2) is 8.42 Å². The number of hydrogen-bond acceptors (Lipinski definition) is 5. The lowest BCUT2D eigenvalue weighted by Crippen LogP contribution is -2.40. The monoisotopic (exact) mass is 497 g/mol. The number of nitrogens with zero attached hydrogens (tertiary/aromatic N) is 3. The second-order valence-electron chi connectivity index (χ2n) is 8.41. The highest BCUT2D eigenvalue weighted by atomic mass is 32.2. The van der Waals surface area contributed by atoms with Gasteiger partial charge in [0.25, 0.3) is 5.91 Å². The maximum atomic E-state index is 13.0. The van der Waals surface area contributed by atoms with Crippen LogP contribution in [0.15, 0.2) is 46.3 Å². The zero-order chi connectivity index (χ0) is 24.5. The zero-order valence-electron chi connectivity index (χ0n) is 19.4. The molecule has 4 rings (SSSR count). The van der Waals surface area contributed by atoms with Crippen LogP contribution < -0.4 is 9.54 Å². The van der Waals surface area contributed by atoms with Crippen molar-refractivity contribution < 1.29 is 17.9 Å². The molecule has 0 atom stereocenters. The molecule has 178 valence electrons. The number of aromatic nitrogens is 1. The van der Waals surface area contributed by atoms with E-state index in [4.69, 9.17) is 11.2 Å². The highest BCUT2D eigenvalue weighted by Gasteiger charge is 2.32. The first kappa shape index (κ1) is 24.2. The van der Waals surface area contributed by atoms with Gasteiger partial charge in [-0.3, -0.25) is 4.79 Å². The summed E-state index contributed by atoms with van der Waals surface area (Å²) in [7, 11) is -2.09. The van der Waals surface area contributed by atoms with Gasteiger partial charge in [-0.15, -0.1) is 6.42 Å². The van der Waals surface area contributed by atoms with Gasteiger partial charge in [0.05, 0.1) is 28.8 Å². The van der Waals surface area contributed by atoms with E-state index in [1.165, 1.54) is 34.9 Å². The van der Waals surface area contributed by atoms with Crippen molar-refractivity contribution in [2.24, 2.45) is 10.9 Å². The Bertz CT molecular complexity index is 1440. The lowest BCUT2D eigenvalue weighted by molar-refractivity contribution is -0.122. The number of hydrogen-bond donors (Lipinski definition) is 0. The molecule has 1 aromatic heterocycles. The van der Waals surface area contributed by atoms with E-state index in [-0.39, 0.29) is 29.8 Å². The SMILES string of the molecule is C#CCn1c(=NC(=O)C2CCN(S(=O)(=O)c3ccc(OC)cc3)CC2)sc2c(C)cc(C)cc21. The number of rotatable bonds is 5. The third-order valence-electron chi connectivity index (χ3n) is 6.07. The number of piperidine rings is 1. The van der Waals surface area contributed by atoms with Crippen LogP contribution in [-0.2, 0) is 21.4 Å². The quantitative estimate of drug-likeness (QED) is 0.506. The standard InChI is InChI=1S/C25H27N3O4S2/c1-5-12-28-22-16-17(2)15-18(3)23(22)33-25(28)26-24(29)19-10-13-27(14-11-19)34(30,31)21-8-6-20(32-4)7-9-21/h1,6-9,15-16,19H,10-14H2,2-4H3. The van der Waals surface area contributed by atoms with Crippen LogP contribution in [-0.4, -0.2) is 43.4 Å². The first-order chi connectivity index (χ1) is 16.2. The second kappa shape index (κ2) is 9.74. The van der Waals surface area contributed by atoms with Crippen LogP contribution in [0.1, 0.15) is 24.0 Å². The third-order valence-corrected chi connectivity index (χ3v) is 9.21. The molecule has 1 amide bonds. The van der Waals surface area contributed by atoms with Crippen molar-refractivity contribution in [3.05, 3.63) is 52.3 Å². The first-order valence-electron chi connectivity index (χ1n) is 11.0. The Morgan fingerprint density at radius 1 is 1.21 bits per heavy atom. The molecule has 0 unspecified atom stereocenters. The van der Waals surface area contributed by atoms with E-state index < -0.39 is 10.0 Å². The number of fused-ring (bicyclic) bond motifs is 1. The van der Waals surface area contributed by atoms with Gasteiger partial charge in [-0.05, 0) is 68.1 Å². The molecule has 0 aliphatic carbocycles. The number of aryl methyl sites for hydroxylation is 2. The molecule has 0 N–H and O–H groups in total. The Kier molecular flexibility index (Phi) is 6.94. The van der Waals surface area contributed by atoms with Crippen LogP contribution >= 0.6 is 11.3 Å². The molecule has 0 radical (unpaired) electrons. The number of amides is 1. The molecule has 34 heavy (non-hydrogen) atoms. The summed E-state index contributed by atoms with van der Waals surface area (Å²) >= 11 is 1.46. The number of benzene rings is 2. The van der Waals surface area contributed by atoms with Crippen LogP contribution in [0.5, 0.6) is 5.75 Å². The van der Waals surface area contributed by atoms with Crippen molar-refractivity contribution in [2.75, 3.05) is 20.2 Å². The summed E-state index contributed by atoms with van der Waals surface area (Å²) in [6.45, 7) is 4.94. The highest BCUT2D eigenvalue weighted by molar-refractivity contribution is 7.89. The predicted molar refractivity (Wildman–Crippen MR) is 133 cm³/mol. The molecule has 0 spiro atoms. The molecule has 9 heteroatoms. The molecule has 0 saturated carbocycles. The van der Waals surface area contributed by atoms with E-state index in [0.717, 1.165) is 21.3 Å². The Labute approximate surface area is 203 Å². The summed E-state index contributed by atoms with van der Waals surface area (Å²) in [5.74, 6) is 2.70. The molecular weight excluding hydrogens is 470 g/mol. The summed E-state index contributed by atoms with van der Waals surface area (Å²) in [6, 6.07) is 10.5. The summed E-state index contributed by atoms with van der Waals surface area (Å²) in [6.07, 6.45) is 6.44. The Balaban J connectivity index is 1.54. The van der Waals surface area contributed by atoms with Crippen LogP contribution in [0.4, 0.5) is 0 Å². The molecule has 3 aromatic rings. The number of thiazole rings is 1. The minimum Gasteiger partial charge on any atom is -0.497 e. The summed E-state index contributed by atoms with van der Waals surface area (Å²) in [5.41, 5.74) is 3.22. The van der Waals surface area contributed by atoms with Crippen molar-refractivity contribution >= 4 is 37.5 Å². The maximum Gasteiger partial charge on any atom is 0.251 e. The molecule has 7 nitrogen and oxygen atoms in total. The molecule has 1 aliphatic heterocycles. The minimum absolute atomic E-state index is 0.217. The minimum atomic E-state index is -3.62. The average molecular weight is 498 g/mol. The van der Waals surface area contributed by atoms with E-state index >= 15 is 0 Å². The molecular formula is C25H27N3O4S2. The van der Waals surface area contributed by atoms with Gasteiger partial charge in [-0.1, -0.05) is 23.3 Å². The van der Waals surface area contributed by atoms with Gasteiger partial charge in [0, 0.05) is 19.0 Å². The van der Waals surface area contributed by atoms with E-state index in [9.17, 15) is 13.2 Å². The number of sulfonamides is 1. The first-order valence-corrected chi connectivity index (χ1v) is 13.3. The summed E-state index contributed by atoms with van der Waals surface area (Å²) < 4.78 is 35.5. The van der Waals surface area contributed by atoms with Crippen LogP contribution in [0.25, 0.3) is 10.2 Å². The van der Waals surface area contributed by atoms with Crippen molar-refractivity contribution in [1.29, 1.82) is 0 Å². The highest BCUT2D eigenvalue weighted by Crippen LogP contribution is 2.27. The number of ether oxygens (including phenoxy) is 1. The Morgan fingerprint density at radius 2 is 1.88 bits per heavy atom. The Hall–Kier alpha value is -2.93. The van der Waals surface area contributed by atoms with Crippen LogP contribution in [0.2, 0.25) is 0 Å². The number of methoxy groups -OCH3 is 1. The van der Waals surface area contributed by atoms with Gasteiger partial charge in [-0.2, -0.15) is 9.30 Å². The van der Waals surface area contributed by atoms with E-state index in [1.807, 2.05) is 18.4 Å². The van der Waals surface area contributed by atoms with E-state index in [0.29, 0.717) is 29.9 Å². The Morgan fingerprint density at radius 3 is 2.50 bits per heavy atom. The number of carbonyl (C=O) groups is 1. The fourth-order valence-electron chi connectivity index (χ4n) is 4.27. The van der Waals surface area contributed by atoms with Crippen LogP contribution in [0, 0.1) is 32.1 Å². The lowest BCUT2D eigenvalue weighted by atomic mass is 9.98. The van der Waals surface area contributed by atoms with Gasteiger partial charge in [0.1, 0.15) is 5.75 Å². The van der Waals surface area contributed by atoms with Crippen molar-refractivity contribution in [1.82, 2.24) is 8.87 Å². The average Bonchev–Trinajstić information content (AvgIpc) is 3.16. The second-order valence-corrected chi connectivity index (χ2v) is 11.3. The molecule has 0 bridgehead atoms. The summed E-state index contributed by atoms with van der Waals surface area (Å²) in [5, 5.41) is 0. The smallest absolute Gasteiger partial charge is 0.251 e. The topological polar surface area (TPSA) is 81.0 Å². The zero-order valence-corrected chi connectivity index (χ0v) is 21.1. The molecule has 1 saturated heterocycles. The van der Waals surface area contributed by atoms with Crippen molar-refractivity contribution in [3.63, 3.8) is 0 Å². The molecule has 2 heterocycles. The van der Waals surface area contributed by atoms with Crippen molar-refractivity contribution in [3.8, 4) is 18.1 Å². The number of terminal acetylenes is 1. The lowest BCUT2D eigenvalue weighted by Gasteiger charge is -2.29.